The molecule has 1 aliphatic heterocycles. The van der Waals surface area contributed by atoms with E-state index >= 15 is 0 Å². The van der Waals surface area contributed by atoms with E-state index in [1.807, 2.05) is 70.5 Å². The first kappa shape index (κ1) is 22.8. The van der Waals surface area contributed by atoms with E-state index in [0.29, 0.717) is 44.6 Å². The quantitative estimate of drug-likeness (QED) is 0.399. The summed E-state index contributed by atoms with van der Waals surface area (Å²) >= 11 is 0. The van der Waals surface area contributed by atoms with Gasteiger partial charge in [0.15, 0.2) is 0 Å². The minimum atomic E-state index is -0.0213. The third-order valence-electron chi connectivity index (χ3n) is 6.77. The molecular formula is C29H29N3O3. The number of carbonyl (C=O) groups excluding carboxylic acids is 2. The van der Waals surface area contributed by atoms with Crippen molar-refractivity contribution in [1.82, 2.24) is 14.8 Å². The lowest BCUT2D eigenvalue weighted by Crippen LogP contribution is -2.37. The van der Waals surface area contributed by atoms with E-state index in [2.05, 4.69) is 11.1 Å². The van der Waals surface area contributed by atoms with Gasteiger partial charge in [0.1, 0.15) is 5.75 Å². The van der Waals surface area contributed by atoms with Gasteiger partial charge in [0, 0.05) is 44.2 Å². The first-order valence-corrected chi connectivity index (χ1v) is 12.1. The monoisotopic (exact) mass is 467 g/mol. The van der Waals surface area contributed by atoms with E-state index in [9.17, 15) is 9.59 Å². The van der Waals surface area contributed by atoms with Gasteiger partial charge in [-0.3, -0.25) is 14.6 Å². The van der Waals surface area contributed by atoms with Gasteiger partial charge in [-0.1, -0.05) is 42.5 Å². The zero-order valence-corrected chi connectivity index (χ0v) is 19.9. The average Bonchev–Trinajstić information content (AvgIpc) is 3.18. The molecule has 5 rings (SSSR count). The Morgan fingerprint density at radius 3 is 2.46 bits per heavy atom. The Morgan fingerprint density at radius 2 is 1.63 bits per heavy atom. The van der Waals surface area contributed by atoms with Crippen LogP contribution in [0.25, 0.3) is 21.7 Å². The Kier molecular flexibility index (Phi) is 6.62. The molecule has 1 fully saturated rings. The summed E-state index contributed by atoms with van der Waals surface area (Å²) in [6.45, 7) is 2.37. The summed E-state index contributed by atoms with van der Waals surface area (Å²) in [7, 11) is 1.64. The molecule has 35 heavy (non-hydrogen) atoms. The summed E-state index contributed by atoms with van der Waals surface area (Å²) in [6.07, 6.45) is 3.65. The van der Waals surface area contributed by atoms with Gasteiger partial charge in [-0.15, -0.1) is 0 Å². The first-order chi connectivity index (χ1) is 17.1. The molecule has 0 bridgehead atoms. The summed E-state index contributed by atoms with van der Waals surface area (Å²) in [5.74, 6) is 0.923. The zero-order chi connectivity index (χ0) is 24.2. The number of hydrogen-bond acceptors (Lipinski definition) is 4. The Bertz CT molecular complexity index is 1370. The summed E-state index contributed by atoms with van der Waals surface area (Å²) in [5.41, 5.74) is 2.47. The summed E-state index contributed by atoms with van der Waals surface area (Å²) < 4.78 is 5.20. The molecule has 0 unspecified atom stereocenters. The van der Waals surface area contributed by atoms with Crippen LogP contribution in [0.4, 0.5) is 0 Å². The second kappa shape index (κ2) is 10.1. The lowest BCUT2D eigenvalue weighted by molar-refractivity contribution is -0.131. The van der Waals surface area contributed by atoms with E-state index in [4.69, 9.17) is 4.74 Å². The highest BCUT2D eigenvalue weighted by Crippen LogP contribution is 2.28. The normalized spacial score (nSPS) is 14.2. The highest BCUT2D eigenvalue weighted by atomic mass is 16.5. The summed E-state index contributed by atoms with van der Waals surface area (Å²) in [6, 6.07) is 21.8. The maximum Gasteiger partial charge on any atom is 0.256 e. The lowest BCUT2D eigenvalue weighted by atomic mass is 10.00. The fourth-order valence-electron chi connectivity index (χ4n) is 4.83. The van der Waals surface area contributed by atoms with Crippen LogP contribution >= 0.6 is 0 Å². The molecule has 2 amide bonds. The summed E-state index contributed by atoms with van der Waals surface area (Å²) in [5, 5.41) is 3.11. The molecule has 0 spiro atoms. The van der Waals surface area contributed by atoms with Gasteiger partial charge in [0.25, 0.3) is 5.91 Å². The number of amides is 2. The molecule has 0 aliphatic carbocycles. The van der Waals surface area contributed by atoms with Crippen LogP contribution in [-0.4, -0.2) is 59.9 Å². The molecule has 1 aromatic heterocycles. The fraction of sp³-hybridized carbons (Fsp3) is 0.276. The minimum Gasteiger partial charge on any atom is -0.497 e. The van der Waals surface area contributed by atoms with Crippen molar-refractivity contribution >= 4 is 33.5 Å². The van der Waals surface area contributed by atoms with Crippen LogP contribution in [0, 0.1) is 0 Å². The van der Waals surface area contributed by atoms with Crippen LogP contribution in [0.1, 0.15) is 28.8 Å². The highest BCUT2D eigenvalue weighted by Gasteiger charge is 2.24. The third-order valence-corrected chi connectivity index (χ3v) is 6.77. The minimum absolute atomic E-state index is 0.0213. The van der Waals surface area contributed by atoms with Crippen LogP contribution in [0.3, 0.4) is 0 Å². The van der Waals surface area contributed by atoms with E-state index in [1.54, 1.807) is 13.3 Å². The van der Waals surface area contributed by atoms with Crippen molar-refractivity contribution in [3.05, 3.63) is 84.1 Å². The molecular weight excluding hydrogens is 438 g/mol. The molecule has 0 atom stereocenters. The molecule has 6 nitrogen and oxygen atoms in total. The molecule has 6 heteroatoms. The van der Waals surface area contributed by atoms with Gasteiger partial charge < -0.3 is 14.5 Å². The summed E-state index contributed by atoms with van der Waals surface area (Å²) in [4.78, 5) is 34.8. The largest absolute Gasteiger partial charge is 0.497 e. The second-order valence-electron chi connectivity index (χ2n) is 8.92. The number of fused-ring (bicyclic) bond motifs is 3. The molecule has 1 saturated heterocycles. The first-order valence-electron chi connectivity index (χ1n) is 12.1. The van der Waals surface area contributed by atoms with Crippen LogP contribution in [-0.2, 0) is 11.2 Å². The number of carbonyl (C=O) groups is 2. The van der Waals surface area contributed by atoms with Gasteiger partial charge >= 0.3 is 0 Å². The van der Waals surface area contributed by atoms with Gasteiger partial charge in [0.2, 0.25) is 5.91 Å². The third kappa shape index (κ3) is 4.83. The molecule has 3 aromatic carbocycles. The maximum atomic E-state index is 13.6. The Hall–Kier alpha value is -3.93. The van der Waals surface area contributed by atoms with Crippen molar-refractivity contribution in [2.75, 3.05) is 33.3 Å². The zero-order valence-electron chi connectivity index (χ0n) is 19.9. The van der Waals surface area contributed by atoms with Crippen LogP contribution in [0.5, 0.6) is 5.75 Å². The number of rotatable bonds is 5. The van der Waals surface area contributed by atoms with Crippen LogP contribution in [0.15, 0.2) is 72.9 Å². The van der Waals surface area contributed by atoms with Gasteiger partial charge in [-0.25, -0.2) is 0 Å². The number of benzene rings is 3. The predicted molar refractivity (Wildman–Crippen MR) is 138 cm³/mol. The fourth-order valence-corrected chi connectivity index (χ4v) is 4.83. The number of nitrogens with zero attached hydrogens (tertiary/aromatic N) is 3. The Morgan fingerprint density at radius 1 is 0.886 bits per heavy atom. The van der Waals surface area contributed by atoms with Gasteiger partial charge in [-0.2, -0.15) is 0 Å². The highest BCUT2D eigenvalue weighted by molar-refractivity contribution is 6.15. The number of hydrogen-bond donors (Lipinski definition) is 0. The van der Waals surface area contributed by atoms with E-state index < -0.39 is 0 Å². The van der Waals surface area contributed by atoms with Crippen molar-refractivity contribution in [3.8, 4) is 5.75 Å². The topological polar surface area (TPSA) is 62.7 Å². The molecule has 0 N–H and O–H groups in total. The predicted octanol–water partition coefficient (Wildman–Crippen LogP) is 4.70. The molecule has 1 aliphatic rings. The van der Waals surface area contributed by atoms with Crippen molar-refractivity contribution in [2.24, 2.45) is 0 Å². The number of methoxy groups -OCH3 is 1. The SMILES string of the molecule is COc1ccc(CCC(=O)N2CCCN(C(=O)c3cc4ccccc4c4cccnc34)CC2)cc1. The van der Waals surface area contributed by atoms with Crippen molar-refractivity contribution in [2.45, 2.75) is 19.3 Å². The molecule has 0 saturated carbocycles. The smallest absolute Gasteiger partial charge is 0.256 e. The Balaban J connectivity index is 1.28. The van der Waals surface area contributed by atoms with Crippen LogP contribution < -0.4 is 4.74 Å². The Labute approximate surface area is 205 Å². The molecule has 2 heterocycles. The van der Waals surface area contributed by atoms with E-state index in [1.165, 1.54) is 0 Å². The molecule has 0 radical (unpaired) electrons. The second-order valence-corrected chi connectivity index (χ2v) is 8.92. The van der Waals surface area contributed by atoms with E-state index in [0.717, 1.165) is 39.4 Å². The number of aryl methyl sites for hydroxylation is 1. The van der Waals surface area contributed by atoms with Crippen LogP contribution in [0.2, 0.25) is 0 Å². The maximum absolute atomic E-state index is 13.6. The molecule has 178 valence electrons. The molecule has 4 aromatic rings. The number of aromatic nitrogens is 1. The van der Waals surface area contributed by atoms with Gasteiger partial charge in [-0.05, 0) is 53.4 Å². The average molecular weight is 468 g/mol. The van der Waals surface area contributed by atoms with Crippen molar-refractivity contribution in [1.29, 1.82) is 0 Å². The van der Waals surface area contributed by atoms with Gasteiger partial charge in [0.05, 0.1) is 18.2 Å². The van der Waals surface area contributed by atoms with Crippen molar-refractivity contribution < 1.29 is 14.3 Å². The van der Waals surface area contributed by atoms with Crippen molar-refractivity contribution in [3.63, 3.8) is 0 Å². The number of ether oxygens (including phenoxy) is 1. The number of pyridine rings is 1. The standard InChI is InChI=1S/C29H29N3O3/c1-35-23-12-9-21(10-13-23)11-14-27(33)31-16-5-17-32(19-18-31)29(34)26-20-22-6-2-3-7-24(22)25-8-4-15-30-28(25)26/h2-4,6-10,12-13,15,20H,5,11,14,16-19H2,1H3. The van der Waals surface area contributed by atoms with E-state index in [-0.39, 0.29) is 11.8 Å². The lowest BCUT2D eigenvalue weighted by Gasteiger charge is -2.23.